The zero-order valence-corrected chi connectivity index (χ0v) is 18.8. The largest absolute Gasteiger partial charge is 0.468 e. The minimum atomic E-state index is -0.940. The molecule has 0 amide bonds. The fourth-order valence-electron chi connectivity index (χ4n) is 3.95. The molecule has 0 radical (unpaired) electrons. The molecule has 33 heavy (non-hydrogen) atoms. The van der Waals surface area contributed by atoms with Crippen molar-refractivity contribution in [2.24, 2.45) is 0 Å². The molecule has 1 N–H and O–H groups in total. The number of para-hydroxylation sites is 1. The summed E-state index contributed by atoms with van der Waals surface area (Å²) < 4.78 is 17.8. The first-order chi connectivity index (χ1) is 16.2. The molecule has 0 unspecified atom stereocenters. The van der Waals surface area contributed by atoms with E-state index in [1.807, 2.05) is 48.5 Å². The lowest BCUT2D eigenvalue weighted by Gasteiger charge is -2.34. The van der Waals surface area contributed by atoms with Gasteiger partial charge in [0.1, 0.15) is 16.9 Å². The number of benzene rings is 2. The molecule has 1 aliphatic rings. The maximum Gasteiger partial charge on any atom is 0.318 e. The van der Waals surface area contributed by atoms with Crippen LogP contribution in [0.5, 0.6) is 11.6 Å². The minimum absolute atomic E-state index is 0.289. The number of nitrogens with one attached hydrogen (secondary N) is 1. The van der Waals surface area contributed by atoms with Crippen LogP contribution < -0.4 is 10.1 Å². The van der Waals surface area contributed by atoms with E-state index < -0.39 is 5.41 Å². The van der Waals surface area contributed by atoms with Gasteiger partial charge in [-0.2, -0.15) is 0 Å². The van der Waals surface area contributed by atoms with E-state index >= 15 is 0 Å². The van der Waals surface area contributed by atoms with Crippen molar-refractivity contribution in [3.8, 4) is 11.6 Å². The molecule has 1 aliphatic heterocycles. The molecule has 2 aromatic carbocycles. The minimum Gasteiger partial charge on any atom is -0.468 e. The number of esters is 1. The van der Waals surface area contributed by atoms with Gasteiger partial charge in [-0.25, -0.2) is 9.97 Å². The molecule has 2 aromatic heterocycles. The maximum atomic E-state index is 12.8. The second-order valence-electron chi connectivity index (χ2n) is 7.63. The van der Waals surface area contributed by atoms with Crippen LogP contribution in [0.2, 0.25) is 0 Å². The average molecular weight is 463 g/mol. The van der Waals surface area contributed by atoms with Gasteiger partial charge in [0.2, 0.25) is 5.88 Å². The Labute approximate surface area is 194 Å². The number of thiazole rings is 1. The molecule has 0 atom stereocenters. The topological polar surface area (TPSA) is 95.5 Å². The summed E-state index contributed by atoms with van der Waals surface area (Å²) >= 11 is 1.60. The summed E-state index contributed by atoms with van der Waals surface area (Å²) in [5, 5.41) is 4.14. The molecule has 4 aromatic rings. The third-order valence-corrected chi connectivity index (χ3v) is 6.61. The fourth-order valence-corrected chi connectivity index (χ4v) is 4.83. The van der Waals surface area contributed by atoms with Gasteiger partial charge in [0.25, 0.3) is 0 Å². The highest BCUT2D eigenvalue weighted by atomic mass is 32.1. The molecule has 0 spiro atoms. The van der Waals surface area contributed by atoms with Crippen molar-refractivity contribution < 1.29 is 19.0 Å². The van der Waals surface area contributed by atoms with Gasteiger partial charge in [-0.1, -0.05) is 23.5 Å². The Morgan fingerprint density at radius 3 is 2.58 bits per heavy atom. The SMILES string of the molecule is COC(=O)C1(c2nccnc2Oc2ccc(Nc3nc4ccccc4s3)cc2)CCOCC1. The van der Waals surface area contributed by atoms with Crippen LogP contribution in [-0.4, -0.2) is 41.2 Å². The van der Waals surface area contributed by atoms with E-state index in [4.69, 9.17) is 14.2 Å². The first-order valence-electron chi connectivity index (χ1n) is 10.6. The predicted molar refractivity (Wildman–Crippen MR) is 125 cm³/mol. The number of rotatable bonds is 6. The second kappa shape index (κ2) is 9.13. The average Bonchev–Trinajstić information content (AvgIpc) is 3.28. The molecule has 1 saturated heterocycles. The second-order valence-corrected chi connectivity index (χ2v) is 8.66. The van der Waals surface area contributed by atoms with Crippen molar-refractivity contribution in [1.29, 1.82) is 0 Å². The lowest BCUT2D eigenvalue weighted by atomic mass is 9.77. The number of fused-ring (bicyclic) bond motifs is 1. The van der Waals surface area contributed by atoms with Gasteiger partial charge < -0.3 is 19.5 Å². The van der Waals surface area contributed by atoms with Crippen LogP contribution in [0.1, 0.15) is 18.5 Å². The summed E-state index contributed by atoms with van der Waals surface area (Å²) in [4.78, 5) is 26.2. The van der Waals surface area contributed by atoms with E-state index in [0.717, 1.165) is 21.0 Å². The Balaban J connectivity index is 1.37. The van der Waals surface area contributed by atoms with Crippen LogP contribution >= 0.6 is 11.3 Å². The van der Waals surface area contributed by atoms with Crippen molar-refractivity contribution in [2.75, 3.05) is 25.6 Å². The highest BCUT2D eigenvalue weighted by Crippen LogP contribution is 2.40. The maximum absolute atomic E-state index is 12.8. The van der Waals surface area contributed by atoms with E-state index in [1.54, 1.807) is 23.7 Å². The predicted octanol–water partition coefficient (Wildman–Crippen LogP) is 4.84. The summed E-state index contributed by atoms with van der Waals surface area (Å²) in [6.07, 6.45) is 4.03. The number of hydrogen-bond donors (Lipinski definition) is 1. The molecule has 1 fully saturated rings. The summed E-state index contributed by atoms with van der Waals surface area (Å²) in [7, 11) is 1.38. The first kappa shape index (κ1) is 21.3. The van der Waals surface area contributed by atoms with E-state index in [0.29, 0.717) is 37.5 Å². The fraction of sp³-hybridized carbons (Fsp3) is 0.250. The molecule has 0 saturated carbocycles. The van der Waals surface area contributed by atoms with Crippen LogP contribution in [0.25, 0.3) is 10.2 Å². The lowest BCUT2D eigenvalue weighted by molar-refractivity contribution is -0.151. The summed E-state index contributed by atoms with van der Waals surface area (Å²) in [5.74, 6) is 0.516. The van der Waals surface area contributed by atoms with Crippen molar-refractivity contribution in [3.63, 3.8) is 0 Å². The quantitative estimate of drug-likeness (QED) is 0.407. The number of hydrogen-bond acceptors (Lipinski definition) is 9. The molecule has 3 heterocycles. The zero-order valence-electron chi connectivity index (χ0n) is 18.0. The van der Waals surface area contributed by atoms with Crippen molar-refractivity contribution in [2.45, 2.75) is 18.3 Å². The van der Waals surface area contributed by atoms with Crippen LogP contribution in [0.4, 0.5) is 10.8 Å². The molecule has 168 valence electrons. The van der Waals surface area contributed by atoms with Crippen LogP contribution in [0.3, 0.4) is 0 Å². The summed E-state index contributed by atoms with van der Waals surface area (Å²) in [6, 6.07) is 15.5. The third-order valence-electron chi connectivity index (χ3n) is 5.65. The van der Waals surface area contributed by atoms with Gasteiger partial charge in [0, 0.05) is 31.3 Å². The Morgan fingerprint density at radius 2 is 1.82 bits per heavy atom. The van der Waals surface area contributed by atoms with Gasteiger partial charge in [-0.15, -0.1) is 0 Å². The van der Waals surface area contributed by atoms with Gasteiger partial charge >= 0.3 is 5.97 Å². The highest BCUT2D eigenvalue weighted by molar-refractivity contribution is 7.22. The normalized spacial score (nSPS) is 15.2. The highest BCUT2D eigenvalue weighted by Gasteiger charge is 2.46. The molecule has 8 nitrogen and oxygen atoms in total. The third kappa shape index (κ3) is 4.24. The Morgan fingerprint density at radius 1 is 1.06 bits per heavy atom. The number of carbonyl (C=O) groups is 1. The molecular formula is C24H22N4O4S. The number of methoxy groups -OCH3 is 1. The van der Waals surface area contributed by atoms with E-state index in [1.165, 1.54) is 7.11 Å². The number of anilines is 2. The van der Waals surface area contributed by atoms with Gasteiger partial charge in [-0.3, -0.25) is 9.78 Å². The molecule has 5 rings (SSSR count). The van der Waals surface area contributed by atoms with Crippen LogP contribution in [0.15, 0.2) is 60.9 Å². The number of aromatic nitrogens is 3. The van der Waals surface area contributed by atoms with Crippen molar-refractivity contribution in [1.82, 2.24) is 15.0 Å². The standard InChI is InChI=1S/C24H22N4O4S/c1-30-22(29)24(10-14-31-15-11-24)20-21(26-13-12-25-20)32-17-8-6-16(7-9-17)27-23-28-18-4-2-3-5-19(18)33-23/h2-9,12-13H,10-11,14-15H2,1H3,(H,27,28). The Hall–Kier alpha value is -3.56. The first-order valence-corrected chi connectivity index (χ1v) is 11.4. The van der Waals surface area contributed by atoms with Crippen molar-refractivity contribution >= 4 is 38.3 Å². The zero-order chi connectivity index (χ0) is 22.7. The molecule has 0 aliphatic carbocycles. The smallest absolute Gasteiger partial charge is 0.318 e. The molecule has 9 heteroatoms. The van der Waals surface area contributed by atoms with Crippen LogP contribution in [0, 0.1) is 0 Å². The van der Waals surface area contributed by atoms with Crippen LogP contribution in [-0.2, 0) is 19.7 Å². The lowest BCUT2D eigenvalue weighted by Crippen LogP contribution is -2.43. The van der Waals surface area contributed by atoms with Gasteiger partial charge in [-0.05, 0) is 49.2 Å². The molecular weight excluding hydrogens is 440 g/mol. The summed E-state index contributed by atoms with van der Waals surface area (Å²) in [6.45, 7) is 0.883. The molecule has 0 bridgehead atoms. The number of nitrogens with zero attached hydrogens (tertiary/aromatic N) is 3. The van der Waals surface area contributed by atoms with E-state index in [9.17, 15) is 4.79 Å². The number of carbonyl (C=O) groups excluding carboxylic acids is 1. The van der Waals surface area contributed by atoms with Crippen molar-refractivity contribution in [3.05, 3.63) is 66.6 Å². The summed E-state index contributed by atoms with van der Waals surface area (Å²) in [5.41, 5.74) is 1.38. The van der Waals surface area contributed by atoms with E-state index in [2.05, 4.69) is 20.3 Å². The Kier molecular flexibility index (Phi) is 5.89. The number of ether oxygens (including phenoxy) is 3. The van der Waals surface area contributed by atoms with Gasteiger partial charge in [0.05, 0.1) is 17.3 Å². The van der Waals surface area contributed by atoms with E-state index in [-0.39, 0.29) is 11.8 Å². The Bertz CT molecular complexity index is 1240. The van der Waals surface area contributed by atoms with Gasteiger partial charge in [0.15, 0.2) is 5.13 Å². The monoisotopic (exact) mass is 462 g/mol.